The van der Waals surface area contributed by atoms with Gasteiger partial charge in [0.05, 0.1) is 23.3 Å². The number of nitrogens with one attached hydrogen (secondary N) is 2. The fourth-order valence-corrected chi connectivity index (χ4v) is 2.96. The molecule has 2 amide bonds. The maximum absolute atomic E-state index is 12.0. The minimum atomic E-state index is -0.504. The van der Waals surface area contributed by atoms with Crippen LogP contribution < -0.4 is 15.8 Å². The number of primary amides is 1. The fraction of sp³-hybridized carbons (Fsp3) is 0.0769. The second-order valence-electron chi connectivity index (χ2n) is 4.19. The molecular weight excluding hydrogens is 278 g/mol. The van der Waals surface area contributed by atoms with Crippen LogP contribution >= 0.6 is 11.3 Å². The molecule has 6 nitrogen and oxygen atoms in total. The van der Waals surface area contributed by atoms with Crippen molar-refractivity contribution in [2.75, 3.05) is 12.4 Å². The van der Waals surface area contributed by atoms with E-state index in [4.69, 9.17) is 10.5 Å². The lowest BCUT2D eigenvalue weighted by molar-refractivity contribution is -0.110. The Morgan fingerprint density at radius 1 is 1.50 bits per heavy atom. The van der Waals surface area contributed by atoms with Crippen molar-refractivity contribution in [3.63, 3.8) is 0 Å². The predicted molar refractivity (Wildman–Crippen MR) is 76.7 cm³/mol. The number of anilines is 1. The molecule has 1 aliphatic heterocycles. The third-order valence-corrected chi connectivity index (χ3v) is 4.05. The average Bonchev–Trinajstić information content (AvgIpc) is 3.06. The first kappa shape index (κ1) is 12.5. The van der Waals surface area contributed by atoms with Gasteiger partial charge in [-0.2, -0.15) is 0 Å². The van der Waals surface area contributed by atoms with Gasteiger partial charge in [-0.15, -0.1) is 11.3 Å². The Balaban J connectivity index is 2.07. The lowest BCUT2D eigenvalue weighted by atomic mass is 10.1. The van der Waals surface area contributed by atoms with Crippen molar-refractivity contribution in [2.24, 2.45) is 5.73 Å². The molecule has 0 radical (unpaired) electrons. The number of methoxy groups -OCH3 is 1. The number of carbonyl (C=O) groups is 2. The molecule has 2 aromatic rings. The average molecular weight is 289 g/mol. The normalized spacial score (nSPS) is 15.2. The number of aromatic amines is 1. The molecule has 0 saturated heterocycles. The van der Waals surface area contributed by atoms with Gasteiger partial charge in [0.1, 0.15) is 10.8 Å². The van der Waals surface area contributed by atoms with Crippen LogP contribution in [0.4, 0.5) is 5.00 Å². The standard InChI is InChI=1S/C13H11N3O3S/c1-19-9-2-3-15-8(9)4-6-7-5-10(11(14)17)20-13(7)16-12(6)18/h2-5,15H,1H3,(H2,14,17)(H,16,18)/b6-4+. The summed E-state index contributed by atoms with van der Waals surface area (Å²) in [6, 6.07) is 3.39. The van der Waals surface area contributed by atoms with Crippen molar-refractivity contribution < 1.29 is 14.3 Å². The maximum atomic E-state index is 12.0. The van der Waals surface area contributed by atoms with Crippen molar-refractivity contribution in [2.45, 2.75) is 0 Å². The highest BCUT2D eigenvalue weighted by molar-refractivity contribution is 7.18. The summed E-state index contributed by atoms with van der Waals surface area (Å²) in [6.07, 6.45) is 3.42. The monoisotopic (exact) mass is 289 g/mol. The van der Waals surface area contributed by atoms with E-state index in [0.29, 0.717) is 32.5 Å². The summed E-state index contributed by atoms with van der Waals surface area (Å²) in [5.41, 5.74) is 7.10. The molecule has 0 saturated carbocycles. The number of aromatic nitrogens is 1. The molecule has 0 aromatic carbocycles. The Kier molecular flexibility index (Phi) is 2.83. The van der Waals surface area contributed by atoms with Crippen LogP contribution in [0.1, 0.15) is 20.9 Å². The highest BCUT2D eigenvalue weighted by Gasteiger charge is 2.28. The first-order valence-electron chi connectivity index (χ1n) is 5.78. The van der Waals surface area contributed by atoms with Gasteiger partial charge in [-0.05, 0) is 18.2 Å². The molecule has 0 unspecified atom stereocenters. The molecular formula is C13H11N3O3S. The van der Waals surface area contributed by atoms with Crippen molar-refractivity contribution in [1.82, 2.24) is 4.98 Å². The number of thiophene rings is 1. The minimum absolute atomic E-state index is 0.209. The zero-order valence-electron chi connectivity index (χ0n) is 10.5. The van der Waals surface area contributed by atoms with Crippen LogP contribution in [0, 0.1) is 0 Å². The van der Waals surface area contributed by atoms with E-state index in [1.807, 2.05) is 0 Å². The summed E-state index contributed by atoms with van der Waals surface area (Å²) in [5, 5.41) is 3.36. The maximum Gasteiger partial charge on any atom is 0.258 e. The zero-order chi connectivity index (χ0) is 14.3. The molecule has 0 spiro atoms. The highest BCUT2D eigenvalue weighted by Crippen LogP contribution is 2.40. The molecule has 20 heavy (non-hydrogen) atoms. The Bertz CT molecular complexity index is 742. The zero-order valence-corrected chi connectivity index (χ0v) is 11.3. The van der Waals surface area contributed by atoms with Crippen molar-refractivity contribution in [1.29, 1.82) is 0 Å². The smallest absolute Gasteiger partial charge is 0.258 e. The number of ether oxygens (including phenoxy) is 1. The SMILES string of the molecule is COc1cc[nH]c1/C=C1/C(=O)Nc2sc(C(N)=O)cc21. The van der Waals surface area contributed by atoms with E-state index in [9.17, 15) is 9.59 Å². The number of amides is 2. The van der Waals surface area contributed by atoms with E-state index in [0.717, 1.165) is 0 Å². The quantitative estimate of drug-likeness (QED) is 0.750. The summed E-state index contributed by atoms with van der Waals surface area (Å²) in [6.45, 7) is 0. The van der Waals surface area contributed by atoms with E-state index in [1.165, 1.54) is 11.3 Å². The number of carbonyl (C=O) groups excluding carboxylic acids is 2. The van der Waals surface area contributed by atoms with Crippen LogP contribution in [-0.4, -0.2) is 23.9 Å². The Labute approximate surface area is 118 Å². The van der Waals surface area contributed by atoms with E-state index in [1.54, 1.807) is 31.5 Å². The molecule has 0 bridgehead atoms. The minimum Gasteiger partial charge on any atom is -0.495 e. The van der Waals surface area contributed by atoms with E-state index in [2.05, 4.69) is 10.3 Å². The summed E-state index contributed by atoms with van der Waals surface area (Å²) in [5.74, 6) is -0.0709. The number of nitrogens with two attached hydrogens (primary N) is 1. The molecule has 102 valence electrons. The van der Waals surface area contributed by atoms with Gasteiger partial charge in [-0.25, -0.2) is 0 Å². The van der Waals surface area contributed by atoms with Gasteiger partial charge in [0, 0.05) is 11.8 Å². The third-order valence-electron chi connectivity index (χ3n) is 2.98. The van der Waals surface area contributed by atoms with Gasteiger partial charge in [0.25, 0.3) is 11.8 Å². The van der Waals surface area contributed by atoms with Crippen molar-refractivity contribution in [3.8, 4) is 5.75 Å². The number of rotatable bonds is 3. The van der Waals surface area contributed by atoms with E-state index in [-0.39, 0.29) is 5.91 Å². The number of hydrogen-bond donors (Lipinski definition) is 3. The molecule has 1 aliphatic rings. The Hall–Kier alpha value is -2.54. The molecule has 0 aliphatic carbocycles. The van der Waals surface area contributed by atoms with Crippen LogP contribution in [0.2, 0.25) is 0 Å². The van der Waals surface area contributed by atoms with Crippen LogP contribution in [0.5, 0.6) is 5.75 Å². The lowest BCUT2D eigenvalue weighted by Gasteiger charge is -1.99. The van der Waals surface area contributed by atoms with Gasteiger partial charge in [0.15, 0.2) is 0 Å². The summed E-state index contributed by atoms with van der Waals surface area (Å²) in [7, 11) is 1.56. The van der Waals surface area contributed by atoms with E-state index < -0.39 is 5.91 Å². The first-order chi connectivity index (χ1) is 9.60. The van der Waals surface area contributed by atoms with Crippen LogP contribution in [0.15, 0.2) is 18.3 Å². The molecule has 0 atom stereocenters. The van der Waals surface area contributed by atoms with Gasteiger partial charge in [0.2, 0.25) is 0 Å². The van der Waals surface area contributed by atoms with Crippen molar-refractivity contribution in [3.05, 3.63) is 34.5 Å². The number of hydrogen-bond acceptors (Lipinski definition) is 4. The summed E-state index contributed by atoms with van der Waals surface area (Å²) in [4.78, 5) is 26.6. The van der Waals surface area contributed by atoms with Crippen LogP contribution in [0.3, 0.4) is 0 Å². The topological polar surface area (TPSA) is 97.2 Å². The molecule has 3 heterocycles. The second-order valence-corrected chi connectivity index (χ2v) is 5.24. The lowest BCUT2D eigenvalue weighted by Crippen LogP contribution is -2.09. The highest BCUT2D eigenvalue weighted by atomic mass is 32.1. The molecule has 3 rings (SSSR count). The molecule has 2 aromatic heterocycles. The Morgan fingerprint density at radius 3 is 3.00 bits per heavy atom. The van der Waals surface area contributed by atoms with Gasteiger partial charge < -0.3 is 20.8 Å². The summed E-state index contributed by atoms with van der Waals surface area (Å²) >= 11 is 1.17. The fourth-order valence-electron chi connectivity index (χ4n) is 2.04. The van der Waals surface area contributed by atoms with Gasteiger partial charge in [-0.3, -0.25) is 9.59 Å². The first-order valence-corrected chi connectivity index (χ1v) is 6.60. The van der Waals surface area contributed by atoms with Gasteiger partial charge in [-0.1, -0.05) is 0 Å². The molecule has 4 N–H and O–H groups in total. The van der Waals surface area contributed by atoms with E-state index >= 15 is 0 Å². The van der Waals surface area contributed by atoms with Crippen molar-refractivity contribution >= 4 is 39.8 Å². The second kappa shape index (κ2) is 4.53. The largest absolute Gasteiger partial charge is 0.495 e. The van der Waals surface area contributed by atoms with Crippen LogP contribution in [0.25, 0.3) is 11.6 Å². The summed E-state index contributed by atoms with van der Waals surface area (Å²) < 4.78 is 5.18. The molecule has 0 fully saturated rings. The van der Waals surface area contributed by atoms with Gasteiger partial charge >= 0.3 is 0 Å². The van der Waals surface area contributed by atoms with Crippen LogP contribution in [-0.2, 0) is 4.79 Å². The number of fused-ring (bicyclic) bond motifs is 1. The number of H-pyrrole nitrogens is 1. The predicted octanol–water partition coefficient (Wildman–Crippen LogP) is 1.68. The third kappa shape index (κ3) is 1.88. The Morgan fingerprint density at radius 2 is 2.30 bits per heavy atom. The molecule has 7 heteroatoms.